The lowest BCUT2D eigenvalue weighted by atomic mass is 10.00. The predicted octanol–water partition coefficient (Wildman–Crippen LogP) is 4.11. The molecule has 2 aromatic rings. The lowest BCUT2D eigenvalue weighted by Crippen LogP contribution is -2.24. The maximum atomic E-state index is 12.1. The Balaban J connectivity index is 2.49. The lowest BCUT2D eigenvalue weighted by Gasteiger charge is -2.16. The van der Waals surface area contributed by atoms with E-state index in [1.54, 1.807) is 0 Å². The van der Waals surface area contributed by atoms with Crippen molar-refractivity contribution in [2.75, 3.05) is 7.11 Å². The van der Waals surface area contributed by atoms with Gasteiger partial charge in [-0.3, -0.25) is 4.99 Å². The second kappa shape index (κ2) is 8.28. The van der Waals surface area contributed by atoms with Crippen molar-refractivity contribution in [3.63, 3.8) is 0 Å². The Morgan fingerprint density at radius 2 is 1.43 bits per heavy atom. The first-order valence-electron chi connectivity index (χ1n) is 7.88. The molecule has 0 bridgehead atoms. The summed E-state index contributed by atoms with van der Waals surface area (Å²) < 4.78 is 4.94. The van der Waals surface area contributed by atoms with Gasteiger partial charge in [0.2, 0.25) is 0 Å². The fourth-order valence-electron chi connectivity index (χ4n) is 2.45. The van der Waals surface area contributed by atoms with Crippen LogP contribution in [0, 0.1) is 5.92 Å². The maximum Gasteiger partial charge on any atom is 0.330 e. The number of carbonyl (C=O) groups excluding carboxylic acids is 1. The number of esters is 1. The highest BCUT2D eigenvalue weighted by atomic mass is 16.5. The molecule has 0 aliphatic carbocycles. The normalized spacial score (nSPS) is 11.8. The summed E-state index contributed by atoms with van der Waals surface area (Å²) in [6, 6.07) is 19.4. The van der Waals surface area contributed by atoms with E-state index >= 15 is 0 Å². The molecule has 3 nitrogen and oxygen atoms in total. The molecule has 0 N–H and O–H groups in total. The van der Waals surface area contributed by atoms with Crippen molar-refractivity contribution < 1.29 is 9.53 Å². The highest BCUT2D eigenvalue weighted by molar-refractivity contribution is 6.13. The fraction of sp³-hybridized carbons (Fsp3) is 0.300. The van der Waals surface area contributed by atoms with Gasteiger partial charge in [0.15, 0.2) is 0 Å². The first-order valence-corrected chi connectivity index (χ1v) is 7.88. The van der Waals surface area contributed by atoms with Gasteiger partial charge in [-0.25, -0.2) is 4.79 Å². The van der Waals surface area contributed by atoms with Crippen molar-refractivity contribution in [2.24, 2.45) is 10.9 Å². The van der Waals surface area contributed by atoms with Gasteiger partial charge >= 0.3 is 5.97 Å². The van der Waals surface area contributed by atoms with Crippen LogP contribution in [0.4, 0.5) is 0 Å². The van der Waals surface area contributed by atoms with Gasteiger partial charge in [-0.2, -0.15) is 0 Å². The quantitative estimate of drug-likeness (QED) is 0.595. The molecule has 3 heteroatoms. The van der Waals surface area contributed by atoms with Crippen molar-refractivity contribution in [3.8, 4) is 0 Å². The third-order valence-electron chi connectivity index (χ3n) is 3.55. The number of carbonyl (C=O) groups is 1. The minimum atomic E-state index is -0.490. The lowest BCUT2D eigenvalue weighted by molar-refractivity contribution is -0.142. The van der Waals surface area contributed by atoms with E-state index in [9.17, 15) is 4.79 Å². The van der Waals surface area contributed by atoms with Gasteiger partial charge in [0, 0.05) is 11.1 Å². The number of nitrogens with zero attached hydrogens (tertiary/aromatic N) is 1. The van der Waals surface area contributed by atoms with Crippen molar-refractivity contribution in [3.05, 3.63) is 71.8 Å². The van der Waals surface area contributed by atoms with Gasteiger partial charge in [0.25, 0.3) is 0 Å². The van der Waals surface area contributed by atoms with Gasteiger partial charge < -0.3 is 4.74 Å². The van der Waals surface area contributed by atoms with Crippen LogP contribution in [0.2, 0.25) is 0 Å². The highest BCUT2D eigenvalue weighted by Gasteiger charge is 2.21. The molecule has 0 radical (unpaired) electrons. The van der Waals surface area contributed by atoms with Crippen LogP contribution in [-0.2, 0) is 9.53 Å². The van der Waals surface area contributed by atoms with Crippen LogP contribution < -0.4 is 0 Å². The molecule has 0 unspecified atom stereocenters. The van der Waals surface area contributed by atoms with Crippen LogP contribution in [0.15, 0.2) is 65.7 Å². The Morgan fingerprint density at radius 1 is 0.957 bits per heavy atom. The van der Waals surface area contributed by atoms with E-state index < -0.39 is 6.04 Å². The van der Waals surface area contributed by atoms with Gasteiger partial charge in [-0.05, 0) is 12.3 Å². The molecule has 0 aromatic heterocycles. The molecular formula is C20H23NO2. The van der Waals surface area contributed by atoms with E-state index in [4.69, 9.17) is 9.73 Å². The van der Waals surface area contributed by atoms with Gasteiger partial charge in [0.1, 0.15) is 6.04 Å². The molecule has 1 atom stereocenters. The van der Waals surface area contributed by atoms with E-state index in [-0.39, 0.29) is 5.97 Å². The largest absolute Gasteiger partial charge is 0.467 e. The maximum absolute atomic E-state index is 12.1. The summed E-state index contributed by atoms with van der Waals surface area (Å²) in [6.45, 7) is 4.16. The number of methoxy groups -OCH3 is 1. The van der Waals surface area contributed by atoms with Crippen LogP contribution in [0.1, 0.15) is 31.4 Å². The summed E-state index contributed by atoms with van der Waals surface area (Å²) in [5.41, 5.74) is 2.81. The Bertz CT molecular complexity index is 606. The highest BCUT2D eigenvalue weighted by Crippen LogP contribution is 2.16. The number of hydrogen-bond acceptors (Lipinski definition) is 3. The first kappa shape index (κ1) is 16.9. The van der Waals surface area contributed by atoms with E-state index in [1.165, 1.54) is 7.11 Å². The number of ether oxygens (including phenoxy) is 1. The van der Waals surface area contributed by atoms with Crippen LogP contribution in [-0.4, -0.2) is 24.8 Å². The van der Waals surface area contributed by atoms with Crippen molar-refractivity contribution in [1.82, 2.24) is 0 Å². The molecule has 120 valence electrons. The molecular weight excluding hydrogens is 286 g/mol. The van der Waals surface area contributed by atoms with Crippen molar-refractivity contribution >= 4 is 11.7 Å². The number of aliphatic imine (C=N–C) groups is 1. The Kier molecular flexibility index (Phi) is 6.10. The monoisotopic (exact) mass is 309 g/mol. The third-order valence-corrected chi connectivity index (χ3v) is 3.55. The fourth-order valence-corrected chi connectivity index (χ4v) is 2.45. The molecule has 0 saturated heterocycles. The first-order chi connectivity index (χ1) is 11.1. The summed E-state index contributed by atoms with van der Waals surface area (Å²) in [4.78, 5) is 16.9. The second-order valence-electron chi connectivity index (χ2n) is 5.88. The van der Waals surface area contributed by atoms with Gasteiger partial charge in [0.05, 0.1) is 12.8 Å². The SMILES string of the molecule is COC(=O)[C@@H](CC(C)C)N=C(c1ccccc1)c1ccccc1. The zero-order chi connectivity index (χ0) is 16.7. The Hall–Kier alpha value is -2.42. The molecule has 0 fully saturated rings. The molecule has 0 amide bonds. The summed E-state index contributed by atoms with van der Waals surface area (Å²) >= 11 is 0. The molecule has 23 heavy (non-hydrogen) atoms. The average molecular weight is 309 g/mol. The zero-order valence-electron chi connectivity index (χ0n) is 13.9. The van der Waals surface area contributed by atoms with Crippen LogP contribution >= 0.6 is 0 Å². The predicted molar refractivity (Wildman–Crippen MR) is 93.8 cm³/mol. The minimum absolute atomic E-state index is 0.289. The van der Waals surface area contributed by atoms with E-state index in [0.29, 0.717) is 12.3 Å². The van der Waals surface area contributed by atoms with E-state index in [0.717, 1.165) is 16.8 Å². The smallest absolute Gasteiger partial charge is 0.330 e. The molecule has 0 aliphatic heterocycles. The van der Waals surface area contributed by atoms with Crippen LogP contribution in [0.3, 0.4) is 0 Å². The molecule has 0 saturated carbocycles. The standard InChI is InChI=1S/C20H23NO2/c1-15(2)14-18(20(22)23-3)21-19(16-10-6-4-7-11-16)17-12-8-5-9-13-17/h4-13,15,18H,14H2,1-3H3/t18-/m1/s1. The molecule has 0 heterocycles. The number of hydrogen-bond donors (Lipinski definition) is 0. The average Bonchev–Trinajstić information content (AvgIpc) is 2.59. The zero-order valence-corrected chi connectivity index (χ0v) is 13.9. The number of benzene rings is 2. The third kappa shape index (κ3) is 4.78. The number of rotatable bonds is 6. The van der Waals surface area contributed by atoms with Crippen molar-refractivity contribution in [1.29, 1.82) is 0 Å². The molecule has 2 aromatic carbocycles. The molecule has 2 rings (SSSR count). The van der Waals surface area contributed by atoms with Gasteiger partial charge in [-0.1, -0.05) is 74.5 Å². The summed E-state index contributed by atoms with van der Waals surface area (Å²) in [7, 11) is 1.41. The van der Waals surface area contributed by atoms with E-state index in [1.807, 2.05) is 60.7 Å². The molecule has 0 spiro atoms. The Labute approximate surface area is 138 Å². The van der Waals surface area contributed by atoms with Crippen molar-refractivity contribution in [2.45, 2.75) is 26.3 Å². The van der Waals surface area contributed by atoms with Crippen LogP contribution in [0.5, 0.6) is 0 Å². The summed E-state index contributed by atoms with van der Waals surface area (Å²) in [5, 5.41) is 0. The molecule has 0 aliphatic rings. The Morgan fingerprint density at radius 3 is 1.83 bits per heavy atom. The summed E-state index contributed by atoms with van der Waals surface area (Å²) in [5.74, 6) is 0.0682. The second-order valence-corrected chi connectivity index (χ2v) is 5.88. The summed E-state index contributed by atoms with van der Waals surface area (Å²) in [6.07, 6.45) is 0.663. The minimum Gasteiger partial charge on any atom is -0.467 e. The van der Waals surface area contributed by atoms with E-state index in [2.05, 4.69) is 13.8 Å². The topological polar surface area (TPSA) is 38.7 Å². The van der Waals surface area contributed by atoms with Crippen LogP contribution in [0.25, 0.3) is 0 Å². The van der Waals surface area contributed by atoms with Gasteiger partial charge in [-0.15, -0.1) is 0 Å².